The highest BCUT2D eigenvalue weighted by Gasteiger charge is 2.07. The fourth-order valence-electron chi connectivity index (χ4n) is 2.70. The lowest BCUT2D eigenvalue weighted by Gasteiger charge is -2.11. The summed E-state index contributed by atoms with van der Waals surface area (Å²) in [6.07, 6.45) is 1.91. The van der Waals surface area contributed by atoms with Crippen molar-refractivity contribution in [2.45, 2.75) is 26.7 Å². The largest absolute Gasteiger partial charge is 0.385 e. The maximum Gasteiger partial charge on any atom is 0.191 e. The molecule has 0 aliphatic heterocycles. The molecule has 0 saturated heterocycles. The van der Waals surface area contributed by atoms with Crippen LogP contribution in [0.25, 0.3) is 10.9 Å². The van der Waals surface area contributed by atoms with Crippen molar-refractivity contribution in [3.63, 3.8) is 0 Å². The summed E-state index contributed by atoms with van der Waals surface area (Å²) in [7, 11) is 1.72. The second kappa shape index (κ2) is 9.20. The number of aliphatic imine (C=N–C) groups is 1. The van der Waals surface area contributed by atoms with Crippen LogP contribution in [0.5, 0.6) is 0 Å². The molecule has 1 aromatic carbocycles. The fraction of sp³-hybridized carbons (Fsp3) is 0.500. The Hall–Kier alpha value is -2.01. The number of hydrogen-bond donors (Lipinski definition) is 3. The number of fused-ring (bicyclic) bond motifs is 1. The Morgan fingerprint density at radius 3 is 2.87 bits per heavy atom. The summed E-state index contributed by atoms with van der Waals surface area (Å²) < 4.78 is 5.05. The molecule has 1 heterocycles. The topological polar surface area (TPSA) is 61.4 Å². The van der Waals surface area contributed by atoms with Gasteiger partial charge < -0.3 is 20.4 Å². The third-order valence-electron chi connectivity index (χ3n) is 3.82. The number of nitrogens with zero attached hydrogens (tertiary/aromatic N) is 1. The van der Waals surface area contributed by atoms with Crippen LogP contribution in [0.15, 0.2) is 29.3 Å². The van der Waals surface area contributed by atoms with Crippen molar-refractivity contribution >= 4 is 16.9 Å². The Morgan fingerprint density at radius 1 is 1.26 bits per heavy atom. The van der Waals surface area contributed by atoms with E-state index in [0.29, 0.717) is 0 Å². The second-order valence-corrected chi connectivity index (χ2v) is 5.56. The molecule has 0 atom stereocenters. The number of benzene rings is 1. The van der Waals surface area contributed by atoms with Crippen molar-refractivity contribution < 1.29 is 4.74 Å². The number of hydrogen-bond acceptors (Lipinski definition) is 2. The normalized spacial score (nSPS) is 11.9. The van der Waals surface area contributed by atoms with Crippen LogP contribution < -0.4 is 10.6 Å². The first-order chi connectivity index (χ1) is 11.3. The molecule has 0 fully saturated rings. The number of guanidine groups is 1. The minimum absolute atomic E-state index is 0.747. The van der Waals surface area contributed by atoms with Gasteiger partial charge in [-0.05, 0) is 38.3 Å². The Morgan fingerprint density at radius 2 is 2.09 bits per heavy atom. The second-order valence-electron chi connectivity index (χ2n) is 5.56. The molecule has 1 aromatic heterocycles. The van der Waals surface area contributed by atoms with E-state index in [1.165, 1.54) is 22.2 Å². The molecular formula is C18H28N4O. The third-order valence-corrected chi connectivity index (χ3v) is 3.82. The van der Waals surface area contributed by atoms with Crippen LogP contribution in [0.4, 0.5) is 0 Å². The van der Waals surface area contributed by atoms with Gasteiger partial charge in [-0.3, -0.25) is 4.99 Å². The summed E-state index contributed by atoms with van der Waals surface area (Å²) in [6.45, 7) is 7.46. The molecule has 126 valence electrons. The number of rotatable bonds is 8. The molecule has 0 aliphatic rings. The first kappa shape index (κ1) is 17.3. The van der Waals surface area contributed by atoms with Crippen LogP contribution in [0.3, 0.4) is 0 Å². The summed E-state index contributed by atoms with van der Waals surface area (Å²) in [6, 6.07) is 8.46. The number of ether oxygens (including phenoxy) is 1. The van der Waals surface area contributed by atoms with Crippen LogP contribution in [0, 0.1) is 6.92 Å². The zero-order valence-electron chi connectivity index (χ0n) is 14.4. The number of H-pyrrole nitrogens is 1. The maximum atomic E-state index is 5.05. The molecule has 0 aliphatic carbocycles. The number of para-hydroxylation sites is 1. The molecule has 23 heavy (non-hydrogen) atoms. The van der Waals surface area contributed by atoms with Gasteiger partial charge in [0.1, 0.15) is 0 Å². The Labute approximate surface area is 138 Å². The lowest BCUT2D eigenvalue weighted by Crippen LogP contribution is -2.38. The van der Waals surface area contributed by atoms with E-state index in [1.54, 1.807) is 7.11 Å². The molecule has 5 nitrogen and oxygen atoms in total. The number of methoxy groups -OCH3 is 1. The van der Waals surface area contributed by atoms with Crippen molar-refractivity contribution in [3.05, 3.63) is 35.5 Å². The smallest absolute Gasteiger partial charge is 0.191 e. The van der Waals surface area contributed by atoms with E-state index in [4.69, 9.17) is 4.74 Å². The predicted molar refractivity (Wildman–Crippen MR) is 97.2 cm³/mol. The molecule has 5 heteroatoms. The van der Waals surface area contributed by atoms with Crippen molar-refractivity contribution in [3.8, 4) is 0 Å². The highest BCUT2D eigenvalue weighted by molar-refractivity contribution is 5.84. The van der Waals surface area contributed by atoms with Crippen molar-refractivity contribution in [1.29, 1.82) is 0 Å². The summed E-state index contributed by atoms with van der Waals surface area (Å²) in [5, 5.41) is 8.01. The van der Waals surface area contributed by atoms with Crippen LogP contribution in [-0.2, 0) is 11.2 Å². The Bertz CT molecular complexity index is 633. The summed E-state index contributed by atoms with van der Waals surface area (Å²) in [4.78, 5) is 8.01. The minimum Gasteiger partial charge on any atom is -0.385 e. The van der Waals surface area contributed by atoms with E-state index < -0.39 is 0 Å². The van der Waals surface area contributed by atoms with E-state index in [9.17, 15) is 0 Å². The van der Waals surface area contributed by atoms with Gasteiger partial charge >= 0.3 is 0 Å². The first-order valence-corrected chi connectivity index (χ1v) is 8.33. The monoisotopic (exact) mass is 316 g/mol. The quantitative estimate of drug-likeness (QED) is 0.398. The van der Waals surface area contributed by atoms with E-state index in [1.807, 2.05) is 0 Å². The Kier molecular flexibility index (Phi) is 6.94. The van der Waals surface area contributed by atoms with Gasteiger partial charge in [0.05, 0.1) is 0 Å². The zero-order chi connectivity index (χ0) is 16.5. The zero-order valence-corrected chi connectivity index (χ0v) is 14.4. The molecule has 2 aromatic rings. The average Bonchev–Trinajstić information content (AvgIpc) is 2.87. The minimum atomic E-state index is 0.747. The highest BCUT2D eigenvalue weighted by Crippen LogP contribution is 2.21. The van der Waals surface area contributed by atoms with E-state index in [2.05, 4.69) is 58.7 Å². The van der Waals surface area contributed by atoms with Gasteiger partial charge in [0.25, 0.3) is 0 Å². The van der Waals surface area contributed by atoms with Crippen LogP contribution in [-0.4, -0.2) is 44.3 Å². The summed E-state index contributed by atoms with van der Waals surface area (Å²) >= 11 is 0. The number of aromatic amines is 1. The number of aryl methyl sites for hydroxylation is 1. The summed E-state index contributed by atoms with van der Waals surface area (Å²) in [5.41, 5.74) is 3.83. The Balaban J connectivity index is 1.91. The molecule has 0 amide bonds. The van der Waals surface area contributed by atoms with Crippen LogP contribution >= 0.6 is 0 Å². The number of aromatic nitrogens is 1. The fourth-order valence-corrected chi connectivity index (χ4v) is 2.70. The molecule has 2 rings (SSSR count). The molecule has 0 spiro atoms. The van der Waals surface area contributed by atoms with Gasteiger partial charge in [0.15, 0.2) is 5.96 Å². The van der Waals surface area contributed by atoms with E-state index >= 15 is 0 Å². The first-order valence-electron chi connectivity index (χ1n) is 8.33. The molecule has 0 radical (unpaired) electrons. The van der Waals surface area contributed by atoms with Crippen LogP contribution in [0.1, 0.15) is 24.6 Å². The molecule has 3 N–H and O–H groups in total. The third kappa shape index (κ3) is 4.99. The molecular weight excluding hydrogens is 288 g/mol. The van der Waals surface area contributed by atoms with Gasteiger partial charge in [-0.1, -0.05) is 18.2 Å². The molecule has 0 saturated carbocycles. The standard InChI is InChI=1S/C18H28N4O/c1-4-19-18(20-11-7-13-23-3)21-12-10-15-14(2)22-17-9-6-5-8-16(15)17/h5-6,8-9,22H,4,7,10-13H2,1-3H3,(H2,19,20,21). The van der Waals surface area contributed by atoms with Crippen LogP contribution in [0.2, 0.25) is 0 Å². The SMILES string of the molecule is CCNC(=NCCCOC)NCCc1c(C)[nH]c2ccccc12. The predicted octanol–water partition coefficient (Wildman–Crippen LogP) is 2.61. The highest BCUT2D eigenvalue weighted by atomic mass is 16.5. The number of nitrogens with one attached hydrogen (secondary N) is 3. The maximum absolute atomic E-state index is 5.05. The van der Waals surface area contributed by atoms with Crippen molar-refractivity contribution in [2.24, 2.45) is 4.99 Å². The van der Waals surface area contributed by atoms with Gasteiger partial charge in [-0.15, -0.1) is 0 Å². The van der Waals surface area contributed by atoms with Crippen molar-refractivity contribution in [1.82, 2.24) is 15.6 Å². The van der Waals surface area contributed by atoms with Gasteiger partial charge in [-0.25, -0.2) is 0 Å². The van der Waals surface area contributed by atoms with Crippen molar-refractivity contribution in [2.75, 3.05) is 33.4 Å². The average molecular weight is 316 g/mol. The lowest BCUT2D eigenvalue weighted by molar-refractivity contribution is 0.197. The van der Waals surface area contributed by atoms with Gasteiger partial charge in [-0.2, -0.15) is 0 Å². The van der Waals surface area contributed by atoms with E-state index in [0.717, 1.165) is 45.0 Å². The summed E-state index contributed by atoms with van der Waals surface area (Å²) in [5.74, 6) is 0.876. The van der Waals surface area contributed by atoms with E-state index in [-0.39, 0.29) is 0 Å². The molecule has 0 unspecified atom stereocenters. The van der Waals surface area contributed by atoms with Gasteiger partial charge in [0.2, 0.25) is 0 Å². The van der Waals surface area contributed by atoms with Gasteiger partial charge in [0, 0.05) is 49.9 Å². The molecule has 0 bridgehead atoms. The lowest BCUT2D eigenvalue weighted by atomic mass is 10.1.